The fourth-order valence-corrected chi connectivity index (χ4v) is 3.74. The molecule has 0 bridgehead atoms. The lowest BCUT2D eigenvalue weighted by atomic mass is 10.1. The summed E-state index contributed by atoms with van der Waals surface area (Å²) in [4.78, 5) is 17.1. The molecular formula is C22H29N7. The molecule has 29 heavy (non-hydrogen) atoms. The van der Waals surface area contributed by atoms with Crippen molar-refractivity contribution in [3.63, 3.8) is 0 Å². The molecule has 2 saturated heterocycles. The summed E-state index contributed by atoms with van der Waals surface area (Å²) in [6.07, 6.45) is 5.78. The zero-order valence-corrected chi connectivity index (χ0v) is 17.7. The molecule has 0 aliphatic carbocycles. The summed E-state index contributed by atoms with van der Waals surface area (Å²) in [6.45, 7) is 11.1. The van der Waals surface area contributed by atoms with Gasteiger partial charge in [-0.05, 0) is 38.8 Å². The van der Waals surface area contributed by atoms with Crippen LogP contribution in [-0.2, 0) is 0 Å². The topological polar surface area (TPSA) is 92.7 Å². The lowest BCUT2D eigenvalue weighted by molar-refractivity contribution is 0.184. The Morgan fingerprint density at radius 3 is 2.45 bits per heavy atom. The lowest BCUT2D eigenvalue weighted by Crippen LogP contribution is -2.52. The number of piperazine rings is 1. The molecule has 0 amide bonds. The van der Waals surface area contributed by atoms with Crippen molar-refractivity contribution >= 4 is 5.82 Å². The highest BCUT2D eigenvalue weighted by Gasteiger charge is 2.35. The third kappa shape index (κ3) is 5.73. The van der Waals surface area contributed by atoms with Crippen LogP contribution < -0.4 is 4.90 Å². The molecule has 2 unspecified atom stereocenters. The third-order valence-corrected chi connectivity index (χ3v) is 5.10. The van der Waals surface area contributed by atoms with E-state index >= 15 is 0 Å². The number of fused-ring (bicyclic) bond motifs is 1. The van der Waals surface area contributed by atoms with E-state index in [4.69, 9.17) is 10.5 Å². The highest BCUT2D eigenvalue weighted by atomic mass is 15.3. The zero-order valence-electron chi connectivity index (χ0n) is 17.7. The average Bonchev–Trinajstić information content (AvgIpc) is 3.15. The van der Waals surface area contributed by atoms with Gasteiger partial charge in [-0.15, -0.1) is 0 Å². The molecule has 4 rings (SSSR count). The van der Waals surface area contributed by atoms with Gasteiger partial charge >= 0.3 is 0 Å². The summed E-state index contributed by atoms with van der Waals surface area (Å²) >= 11 is 0. The molecule has 2 fully saturated rings. The minimum absolute atomic E-state index is 0.442. The first-order valence-electron chi connectivity index (χ1n) is 10.2. The predicted octanol–water partition coefficient (Wildman–Crippen LogP) is 3.31. The van der Waals surface area contributed by atoms with Gasteiger partial charge in [0.15, 0.2) is 11.5 Å². The minimum atomic E-state index is 0.442. The molecule has 2 aliphatic heterocycles. The van der Waals surface area contributed by atoms with E-state index in [0.717, 1.165) is 31.1 Å². The molecule has 2 atom stereocenters. The quantitative estimate of drug-likeness (QED) is 0.736. The summed E-state index contributed by atoms with van der Waals surface area (Å²) in [7, 11) is 0. The highest BCUT2D eigenvalue weighted by Crippen LogP contribution is 2.29. The number of nitriles is 2. The SMILES string of the molecule is CC.CC1CCC2CN(c3nccnc3C#N)CCN12.Cc1cccc(C#N)n1. The maximum absolute atomic E-state index is 9.09. The molecule has 0 radical (unpaired) electrons. The number of anilines is 1. The van der Waals surface area contributed by atoms with Gasteiger partial charge in [0.2, 0.25) is 0 Å². The first-order valence-corrected chi connectivity index (χ1v) is 10.2. The van der Waals surface area contributed by atoms with Crippen LogP contribution >= 0.6 is 0 Å². The maximum Gasteiger partial charge on any atom is 0.183 e. The fraction of sp³-hybridized carbons (Fsp3) is 0.500. The van der Waals surface area contributed by atoms with Gasteiger partial charge in [-0.2, -0.15) is 10.5 Å². The first-order chi connectivity index (χ1) is 14.1. The van der Waals surface area contributed by atoms with Crippen LogP contribution in [0.4, 0.5) is 5.82 Å². The Morgan fingerprint density at radius 1 is 1.03 bits per heavy atom. The molecule has 0 aromatic carbocycles. The molecule has 4 heterocycles. The number of nitrogens with zero attached hydrogens (tertiary/aromatic N) is 7. The number of aromatic nitrogens is 3. The average molecular weight is 392 g/mol. The molecule has 2 aromatic rings. The summed E-state index contributed by atoms with van der Waals surface area (Å²) in [6, 6.07) is 10.8. The molecule has 152 valence electrons. The maximum atomic E-state index is 9.09. The summed E-state index contributed by atoms with van der Waals surface area (Å²) in [5, 5.41) is 17.4. The number of pyridine rings is 1. The van der Waals surface area contributed by atoms with Gasteiger partial charge in [-0.3, -0.25) is 4.90 Å². The van der Waals surface area contributed by atoms with E-state index < -0.39 is 0 Å². The molecule has 7 nitrogen and oxygen atoms in total. The molecular weight excluding hydrogens is 362 g/mol. The van der Waals surface area contributed by atoms with Crippen molar-refractivity contribution in [1.82, 2.24) is 19.9 Å². The number of hydrogen-bond donors (Lipinski definition) is 0. The smallest absolute Gasteiger partial charge is 0.183 e. The normalized spacial score (nSPS) is 20.1. The monoisotopic (exact) mass is 391 g/mol. The van der Waals surface area contributed by atoms with E-state index in [1.165, 1.54) is 12.8 Å². The Kier molecular flexibility index (Phi) is 8.51. The second-order valence-electron chi connectivity index (χ2n) is 6.88. The summed E-state index contributed by atoms with van der Waals surface area (Å²) < 4.78 is 0. The Balaban J connectivity index is 0.000000231. The molecule has 0 N–H and O–H groups in total. The molecule has 2 aliphatic rings. The fourth-order valence-electron chi connectivity index (χ4n) is 3.74. The van der Waals surface area contributed by atoms with Crippen molar-refractivity contribution < 1.29 is 0 Å². The van der Waals surface area contributed by atoms with Gasteiger partial charge in [0.05, 0.1) is 0 Å². The van der Waals surface area contributed by atoms with Crippen LogP contribution in [0.3, 0.4) is 0 Å². The van der Waals surface area contributed by atoms with Gasteiger partial charge in [-0.25, -0.2) is 15.0 Å². The molecule has 0 saturated carbocycles. The summed E-state index contributed by atoms with van der Waals surface area (Å²) in [5.41, 5.74) is 1.81. The zero-order chi connectivity index (χ0) is 21.2. The van der Waals surface area contributed by atoms with E-state index in [1.807, 2.05) is 39.0 Å². The number of rotatable bonds is 1. The highest BCUT2D eigenvalue weighted by molar-refractivity contribution is 5.50. The van der Waals surface area contributed by atoms with Gasteiger partial charge < -0.3 is 4.90 Å². The Bertz CT molecular complexity index is 868. The van der Waals surface area contributed by atoms with Gasteiger partial charge in [-0.1, -0.05) is 19.9 Å². The van der Waals surface area contributed by atoms with Crippen LogP contribution in [0.5, 0.6) is 0 Å². The second kappa shape index (κ2) is 11.1. The Labute approximate surface area is 173 Å². The van der Waals surface area contributed by atoms with Crippen LogP contribution in [-0.4, -0.2) is 51.6 Å². The Hall–Kier alpha value is -3.03. The third-order valence-electron chi connectivity index (χ3n) is 5.10. The molecule has 0 spiro atoms. The van der Waals surface area contributed by atoms with Crippen LogP contribution in [0.15, 0.2) is 30.6 Å². The Morgan fingerprint density at radius 2 is 1.79 bits per heavy atom. The van der Waals surface area contributed by atoms with Gasteiger partial charge in [0.1, 0.15) is 17.8 Å². The van der Waals surface area contributed by atoms with Crippen molar-refractivity contribution in [2.45, 2.75) is 52.6 Å². The predicted molar refractivity (Wildman–Crippen MR) is 113 cm³/mol. The van der Waals surface area contributed by atoms with Crippen LogP contribution in [0.1, 0.15) is 50.7 Å². The van der Waals surface area contributed by atoms with E-state index in [-0.39, 0.29) is 0 Å². The number of aryl methyl sites for hydroxylation is 1. The van der Waals surface area contributed by atoms with Crippen LogP contribution in [0.2, 0.25) is 0 Å². The van der Waals surface area contributed by atoms with Crippen molar-refractivity contribution in [3.8, 4) is 12.1 Å². The van der Waals surface area contributed by atoms with E-state index in [1.54, 1.807) is 18.5 Å². The number of hydrogen-bond acceptors (Lipinski definition) is 7. The summed E-state index contributed by atoms with van der Waals surface area (Å²) in [5.74, 6) is 0.749. The lowest BCUT2D eigenvalue weighted by Gasteiger charge is -2.39. The van der Waals surface area contributed by atoms with Crippen molar-refractivity contribution in [2.24, 2.45) is 0 Å². The standard InChI is InChI=1S/C13H17N5.C7H6N2.C2H6/c1-10-2-3-11-9-17(6-7-18(10)11)13-12(8-14)15-4-5-16-13;1-6-3-2-4-7(5-8)9-6;1-2/h4-5,10-11H,2-3,6-7,9H2,1H3;2-4H,1H3;1-2H3. The minimum Gasteiger partial charge on any atom is -0.351 e. The second-order valence-corrected chi connectivity index (χ2v) is 6.88. The van der Waals surface area contributed by atoms with Gasteiger partial charge in [0, 0.05) is 49.8 Å². The van der Waals surface area contributed by atoms with E-state index in [0.29, 0.717) is 23.5 Å². The molecule has 7 heteroatoms. The van der Waals surface area contributed by atoms with Crippen LogP contribution in [0.25, 0.3) is 0 Å². The van der Waals surface area contributed by atoms with E-state index in [9.17, 15) is 0 Å². The van der Waals surface area contributed by atoms with Crippen molar-refractivity contribution in [3.05, 3.63) is 47.7 Å². The molecule has 2 aromatic heterocycles. The first kappa shape index (κ1) is 22.3. The largest absolute Gasteiger partial charge is 0.351 e. The van der Waals surface area contributed by atoms with Gasteiger partial charge in [0.25, 0.3) is 0 Å². The van der Waals surface area contributed by atoms with Crippen molar-refractivity contribution in [2.75, 3.05) is 24.5 Å². The van der Waals surface area contributed by atoms with E-state index in [2.05, 4.69) is 37.7 Å². The van der Waals surface area contributed by atoms with Crippen molar-refractivity contribution in [1.29, 1.82) is 10.5 Å². The van der Waals surface area contributed by atoms with Crippen LogP contribution in [0, 0.1) is 29.6 Å².